The van der Waals surface area contributed by atoms with Crippen molar-refractivity contribution in [3.8, 4) is 23.7 Å². The Morgan fingerprint density at radius 2 is 1.77 bits per heavy atom. The molecule has 1 amide bonds. The molecule has 0 unspecified atom stereocenters. The van der Waals surface area contributed by atoms with Crippen molar-refractivity contribution >= 4 is 17.5 Å². The van der Waals surface area contributed by atoms with Crippen LogP contribution >= 0.6 is 11.6 Å². The fourth-order valence-electron chi connectivity index (χ4n) is 7.77. The maximum Gasteiger partial charge on any atom is 0.254 e. The minimum absolute atomic E-state index is 0.00402. The van der Waals surface area contributed by atoms with E-state index in [0.29, 0.717) is 34.8 Å². The van der Waals surface area contributed by atoms with Crippen molar-refractivity contribution in [2.24, 2.45) is 16.7 Å². The molecule has 4 aliphatic rings. The molecule has 7 heteroatoms. The number of rotatable bonds is 4. The van der Waals surface area contributed by atoms with Gasteiger partial charge in [0.15, 0.2) is 0 Å². The number of nitrogens with zero attached hydrogens (tertiary/aromatic N) is 3. The molecule has 40 heavy (non-hydrogen) atoms. The number of benzene rings is 2. The number of nitrogens with one attached hydrogen (secondary N) is 1. The number of halogens is 1. The highest BCUT2D eigenvalue weighted by Crippen LogP contribution is 2.59. The molecule has 208 valence electrons. The number of piperidine rings is 1. The summed E-state index contributed by atoms with van der Waals surface area (Å²) in [5.74, 6) is 8.10. The first-order valence-corrected chi connectivity index (χ1v) is 14.7. The van der Waals surface area contributed by atoms with E-state index in [0.717, 1.165) is 55.7 Å². The lowest BCUT2D eigenvalue weighted by molar-refractivity contribution is -0.199. The monoisotopic (exact) mass is 556 g/mol. The van der Waals surface area contributed by atoms with Crippen molar-refractivity contribution in [1.29, 1.82) is 5.26 Å². The summed E-state index contributed by atoms with van der Waals surface area (Å²) >= 11 is 6.25. The standard InChI is InChI=1S/C33H37ClN4O2/c1-32(2)30(33(3,4)31(32)40-26-9-8-23(17-35)28(34)16-26)38-20-24-15-22(7-10-27(24)29(38)39)6-5-21-11-13-37(14-12-21)25-18-36-19-25/h7-10,15-16,21,25,30-31,36H,11-14,18-20H2,1-4H3/t30-,31-. The zero-order valence-corrected chi connectivity index (χ0v) is 24.5. The Morgan fingerprint density at radius 1 is 1.05 bits per heavy atom. The Labute approximate surface area is 242 Å². The summed E-state index contributed by atoms with van der Waals surface area (Å²) < 4.78 is 6.45. The van der Waals surface area contributed by atoms with Gasteiger partial charge in [0, 0.05) is 65.7 Å². The van der Waals surface area contributed by atoms with Crippen LogP contribution in [0.15, 0.2) is 36.4 Å². The second-order valence-corrected chi connectivity index (χ2v) is 13.4. The van der Waals surface area contributed by atoms with Crippen molar-refractivity contribution in [3.63, 3.8) is 0 Å². The van der Waals surface area contributed by atoms with Gasteiger partial charge in [-0.15, -0.1) is 0 Å². The molecule has 2 saturated heterocycles. The van der Waals surface area contributed by atoms with Gasteiger partial charge in [-0.25, -0.2) is 0 Å². The first kappa shape index (κ1) is 27.2. The van der Waals surface area contributed by atoms with E-state index in [4.69, 9.17) is 16.3 Å². The first-order valence-electron chi connectivity index (χ1n) is 14.4. The number of ether oxygens (including phenoxy) is 1. The molecule has 0 bridgehead atoms. The first-order chi connectivity index (χ1) is 19.1. The lowest BCUT2D eigenvalue weighted by Crippen LogP contribution is -2.74. The number of carbonyl (C=O) groups excluding carboxylic acids is 1. The van der Waals surface area contributed by atoms with Crippen LogP contribution in [0.2, 0.25) is 5.02 Å². The lowest BCUT2D eigenvalue weighted by Gasteiger charge is -2.65. The molecule has 2 aromatic carbocycles. The van der Waals surface area contributed by atoms with Gasteiger partial charge < -0.3 is 15.0 Å². The number of fused-ring (bicyclic) bond motifs is 1. The number of hydrogen-bond acceptors (Lipinski definition) is 5. The topological polar surface area (TPSA) is 68.6 Å². The Hall–Kier alpha value is -3.03. The molecule has 0 spiro atoms. The number of carbonyl (C=O) groups is 1. The summed E-state index contributed by atoms with van der Waals surface area (Å²) in [6, 6.07) is 14.1. The normalized spacial score (nSPS) is 25.7. The summed E-state index contributed by atoms with van der Waals surface area (Å²) in [5, 5.41) is 12.9. The van der Waals surface area contributed by atoms with Gasteiger partial charge in [-0.3, -0.25) is 9.69 Å². The smallest absolute Gasteiger partial charge is 0.254 e. The molecular formula is C33H37ClN4O2. The maximum absolute atomic E-state index is 13.6. The summed E-state index contributed by atoms with van der Waals surface area (Å²) in [7, 11) is 0. The third kappa shape index (κ3) is 4.57. The fourth-order valence-corrected chi connectivity index (χ4v) is 7.98. The molecule has 1 saturated carbocycles. The average Bonchev–Trinajstić information content (AvgIpc) is 3.20. The summed E-state index contributed by atoms with van der Waals surface area (Å²) in [4.78, 5) is 18.2. The van der Waals surface area contributed by atoms with Crippen LogP contribution in [0.3, 0.4) is 0 Å². The molecule has 3 fully saturated rings. The second-order valence-electron chi connectivity index (χ2n) is 13.0. The molecule has 3 heterocycles. The molecule has 0 radical (unpaired) electrons. The van der Waals surface area contributed by atoms with Crippen LogP contribution in [-0.4, -0.2) is 60.1 Å². The third-order valence-electron chi connectivity index (χ3n) is 9.55. The van der Waals surface area contributed by atoms with Crippen LogP contribution in [-0.2, 0) is 6.54 Å². The highest BCUT2D eigenvalue weighted by Gasteiger charge is 2.67. The predicted molar refractivity (Wildman–Crippen MR) is 156 cm³/mol. The minimum Gasteiger partial charge on any atom is -0.489 e. The molecule has 2 aromatic rings. The van der Waals surface area contributed by atoms with Gasteiger partial charge in [0.05, 0.1) is 10.6 Å². The van der Waals surface area contributed by atoms with E-state index in [1.54, 1.807) is 18.2 Å². The number of hydrogen-bond donors (Lipinski definition) is 1. The largest absolute Gasteiger partial charge is 0.489 e. The zero-order valence-electron chi connectivity index (χ0n) is 23.8. The number of nitriles is 1. The zero-order chi connectivity index (χ0) is 28.2. The molecule has 0 aromatic heterocycles. The van der Waals surface area contributed by atoms with Gasteiger partial charge >= 0.3 is 0 Å². The second kappa shape index (κ2) is 10.1. The van der Waals surface area contributed by atoms with Gasteiger partial charge in [0.25, 0.3) is 5.91 Å². The van der Waals surface area contributed by atoms with E-state index >= 15 is 0 Å². The highest BCUT2D eigenvalue weighted by atomic mass is 35.5. The lowest BCUT2D eigenvalue weighted by atomic mass is 9.49. The van der Waals surface area contributed by atoms with Gasteiger partial charge in [-0.2, -0.15) is 5.26 Å². The van der Waals surface area contributed by atoms with E-state index in [-0.39, 0.29) is 28.9 Å². The summed E-state index contributed by atoms with van der Waals surface area (Å²) in [5.41, 5.74) is 2.69. The number of amides is 1. The molecule has 3 aliphatic heterocycles. The van der Waals surface area contributed by atoms with E-state index < -0.39 is 0 Å². The van der Waals surface area contributed by atoms with E-state index in [9.17, 15) is 10.1 Å². The predicted octanol–water partition coefficient (Wildman–Crippen LogP) is 5.08. The van der Waals surface area contributed by atoms with Crippen molar-refractivity contribution in [2.75, 3.05) is 26.2 Å². The maximum atomic E-state index is 13.6. The third-order valence-corrected chi connectivity index (χ3v) is 9.86. The molecular weight excluding hydrogens is 520 g/mol. The average molecular weight is 557 g/mol. The Kier molecular flexibility index (Phi) is 6.86. The molecule has 0 atom stereocenters. The van der Waals surface area contributed by atoms with Crippen molar-refractivity contribution in [1.82, 2.24) is 15.1 Å². The minimum atomic E-state index is -0.283. The van der Waals surface area contributed by atoms with E-state index in [2.05, 4.69) is 61.9 Å². The molecule has 6 nitrogen and oxygen atoms in total. The Bertz CT molecular complexity index is 1420. The summed E-state index contributed by atoms with van der Waals surface area (Å²) in [6.07, 6.45) is 2.13. The van der Waals surface area contributed by atoms with Crippen molar-refractivity contribution < 1.29 is 9.53 Å². The quantitative estimate of drug-likeness (QED) is 0.532. The number of likely N-dealkylation sites (tertiary alicyclic amines) is 1. The van der Waals surface area contributed by atoms with Crippen LogP contribution in [0.1, 0.15) is 67.6 Å². The molecule has 6 rings (SSSR count). The van der Waals surface area contributed by atoms with Gasteiger partial charge in [-0.1, -0.05) is 51.1 Å². The van der Waals surface area contributed by atoms with Crippen molar-refractivity contribution in [3.05, 3.63) is 63.7 Å². The van der Waals surface area contributed by atoms with Crippen LogP contribution in [0.5, 0.6) is 5.75 Å². The summed E-state index contributed by atoms with van der Waals surface area (Å²) in [6.45, 7) is 13.8. The molecule has 1 N–H and O–H groups in total. The van der Waals surface area contributed by atoms with Gasteiger partial charge in [0.1, 0.15) is 17.9 Å². The van der Waals surface area contributed by atoms with Gasteiger partial charge in [0.2, 0.25) is 0 Å². The van der Waals surface area contributed by atoms with Crippen LogP contribution in [0.25, 0.3) is 0 Å². The van der Waals surface area contributed by atoms with Crippen molar-refractivity contribution in [2.45, 2.75) is 65.3 Å². The van der Waals surface area contributed by atoms with Gasteiger partial charge in [-0.05, 0) is 61.8 Å². The highest BCUT2D eigenvalue weighted by molar-refractivity contribution is 6.31. The van der Waals surface area contributed by atoms with Crippen LogP contribution in [0, 0.1) is 39.9 Å². The fraction of sp³-hybridized carbons (Fsp3) is 0.515. The van der Waals surface area contributed by atoms with E-state index in [1.165, 1.54) is 0 Å². The Balaban J connectivity index is 1.13. The van der Waals surface area contributed by atoms with E-state index in [1.807, 2.05) is 17.0 Å². The molecule has 1 aliphatic carbocycles. The van der Waals surface area contributed by atoms with Crippen LogP contribution in [0.4, 0.5) is 0 Å². The Morgan fingerprint density at radius 3 is 2.40 bits per heavy atom. The SMILES string of the molecule is CC1(C)[C@H](Oc2ccc(C#N)c(Cl)c2)C(C)(C)[C@H]1N1Cc2cc(C#CC3CCN(C4CNC4)CC3)ccc2C1=O. The van der Waals surface area contributed by atoms with Crippen LogP contribution < -0.4 is 10.1 Å².